The maximum absolute atomic E-state index is 10.3. The molecule has 1 rings (SSSR count). The van der Waals surface area contributed by atoms with Crippen molar-refractivity contribution >= 4 is 27.6 Å². The monoisotopic (exact) mass is 282 g/mol. The number of rotatable bonds is 5. The molecule has 0 fully saturated rings. The van der Waals surface area contributed by atoms with Crippen molar-refractivity contribution in [2.45, 2.75) is 12.8 Å². The Balaban J connectivity index is 2.54. The van der Waals surface area contributed by atoms with Crippen LogP contribution in [0.3, 0.4) is 0 Å². The number of hydrogen-bond donors (Lipinski definition) is 2. The number of halogens is 1. The zero-order chi connectivity index (χ0) is 12.0. The molecule has 4 nitrogen and oxygen atoms in total. The molecule has 16 heavy (non-hydrogen) atoms. The topological polar surface area (TPSA) is 73.1 Å². The minimum atomic E-state index is -0.807. The minimum absolute atomic E-state index is 0.130. The molecule has 0 spiro atoms. The number of anilines is 1. The Morgan fingerprint density at radius 2 is 2.31 bits per heavy atom. The number of carboxylic acid groups (broad SMARTS) is 1. The third-order valence-electron chi connectivity index (χ3n) is 1.98. The first-order chi connectivity index (χ1) is 7.63. The van der Waals surface area contributed by atoms with Gasteiger partial charge >= 0.3 is 5.97 Å². The summed E-state index contributed by atoms with van der Waals surface area (Å²) in [5, 5.41) is 20.4. The van der Waals surface area contributed by atoms with E-state index < -0.39 is 5.97 Å². The van der Waals surface area contributed by atoms with Crippen LogP contribution in [-0.2, 0) is 4.79 Å². The van der Waals surface area contributed by atoms with Gasteiger partial charge in [0.15, 0.2) is 0 Å². The second-order valence-electron chi connectivity index (χ2n) is 3.23. The molecular formula is C11H11BrN2O2. The van der Waals surface area contributed by atoms with Crippen molar-refractivity contribution in [1.29, 1.82) is 5.26 Å². The SMILES string of the molecule is N#Cc1cc(Br)ccc1NCCCC(=O)O. The number of benzene rings is 1. The zero-order valence-corrected chi connectivity index (χ0v) is 10.1. The maximum Gasteiger partial charge on any atom is 0.303 e. The summed E-state index contributed by atoms with van der Waals surface area (Å²) in [5.74, 6) is -0.807. The number of nitrogens with one attached hydrogen (secondary N) is 1. The molecule has 0 bridgehead atoms. The van der Waals surface area contributed by atoms with E-state index in [0.717, 1.165) is 10.2 Å². The van der Waals surface area contributed by atoms with Crippen LogP contribution in [0.25, 0.3) is 0 Å². The normalized spacial score (nSPS) is 9.50. The summed E-state index contributed by atoms with van der Waals surface area (Å²) in [6.45, 7) is 0.544. The molecule has 0 radical (unpaired) electrons. The molecule has 0 aliphatic rings. The van der Waals surface area contributed by atoms with Gasteiger partial charge in [0.05, 0.1) is 11.3 Å². The summed E-state index contributed by atoms with van der Waals surface area (Å²) in [6, 6.07) is 7.43. The predicted octanol–water partition coefficient (Wildman–Crippen LogP) is 2.60. The molecule has 0 aliphatic carbocycles. The first-order valence-corrected chi connectivity index (χ1v) is 5.58. The molecule has 0 aliphatic heterocycles. The van der Waals surface area contributed by atoms with Gasteiger partial charge in [-0.15, -0.1) is 0 Å². The molecule has 0 amide bonds. The van der Waals surface area contributed by atoms with Crippen LogP contribution in [0.2, 0.25) is 0 Å². The third kappa shape index (κ3) is 3.91. The molecule has 5 heteroatoms. The van der Waals surface area contributed by atoms with Crippen LogP contribution in [-0.4, -0.2) is 17.6 Å². The van der Waals surface area contributed by atoms with Crippen molar-refractivity contribution < 1.29 is 9.90 Å². The van der Waals surface area contributed by atoms with Gasteiger partial charge in [-0.1, -0.05) is 15.9 Å². The highest BCUT2D eigenvalue weighted by Crippen LogP contribution is 2.20. The van der Waals surface area contributed by atoms with E-state index in [1.807, 2.05) is 6.07 Å². The molecule has 1 aromatic carbocycles. The average molecular weight is 283 g/mol. The Hall–Kier alpha value is -1.54. The Kier molecular flexibility index (Phi) is 4.80. The van der Waals surface area contributed by atoms with E-state index in [4.69, 9.17) is 10.4 Å². The molecule has 1 aromatic rings. The van der Waals surface area contributed by atoms with Gasteiger partial charge in [-0.25, -0.2) is 0 Å². The smallest absolute Gasteiger partial charge is 0.303 e. The molecule has 0 unspecified atom stereocenters. The van der Waals surface area contributed by atoms with E-state index in [0.29, 0.717) is 18.5 Å². The average Bonchev–Trinajstić information content (AvgIpc) is 2.25. The van der Waals surface area contributed by atoms with Crippen LogP contribution in [0.5, 0.6) is 0 Å². The van der Waals surface area contributed by atoms with Crippen LogP contribution in [0, 0.1) is 11.3 Å². The van der Waals surface area contributed by atoms with Crippen LogP contribution < -0.4 is 5.32 Å². The molecule has 0 heterocycles. The number of hydrogen-bond acceptors (Lipinski definition) is 3. The quantitative estimate of drug-likeness (QED) is 0.815. The third-order valence-corrected chi connectivity index (χ3v) is 2.48. The minimum Gasteiger partial charge on any atom is -0.481 e. The Morgan fingerprint density at radius 1 is 1.56 bits per heavy atom. The molecule has 2 N–H and O–H groups in total. The summed E-state index contributed by atoms with van der Waals surface area (Å²) < 4.78 is 0.847. The Bertz CT molecular complexity index is 426. The molecule has 0 saturated carbocycles. The molecule has 0 atom stereocenters. The summed E-state index contributed by atoms with van der Waals surface area (Å²) in [4.78, 5) is 10.3. The maximum atomic E-state index is 10.3. The zero-order valence-electron chi connectivity index (χ0n) is 8.53. The fourth-order valence-corrected chi connectivity index (χ4v) is 1.59. The van der Waals surface area contributed by atoms with E-state index >= 15 is 0 Å². The first kappa shape index (κ1) is 12.5. The molecule has 0 aromatic heterocycles. The van der Waals surface area contributed by atoms with Crippen molar-refractivity contribution in [1.82, 2.24) is 0 Å². The molecule has 0 saturated heterocycles. The Morgan fingerprint density at radius 3 is 2.94 bits per heavy atom. The van der Waals surface area contributed by atoms with Gasteiger partial charge in [0.25, 0.3) is 0 Å². The van der Waals surface area contributed by atoms with Gasteiger partial charge in [-0.3, -0.25) is 4.79 Å². The number of nitriles is 1. The second kappa shape index (κ2) is 6.13. The summed E-state index contributed by atoms with van der Waals surface area (Å²) >= 11 is 3.28. The second-order valence-corrected chi connectivity index (χ2v) is 4.14. The number of nitrogens with zero attached hydrogens (tertiary/aromatic N) is 1. The fourth-order valence-electron chi connectivity index (χ4n) is 1.23. The summed E-state index contributed by atoms with van der Waals surface area (Å²) in [6.07, 6.45) is 0.668. The number of carbonyl (C=O) groups is 1. The van der Waals surface area contributed by atoms with Crippen molar-refractivity contribution in [3.63, 3.8) is 0 Å². The summed E-state index contributed by atoms with van der Waals surface area (Å²) in [7, 11) is 0. The van der Waals surface area contributed by atoms with Gasteiger partial charge < -0.3 is 10.4 Å². The van der Waals surface area contributed by atoms with Crippen molar-refractivity contribution in [2.75, 3.05) is 11.9 Å². The molecule has 84 valence electrons. The highest BCUT2D eigenvalue weighted by molar-refractivity contribution is 9.10. The van der Waals surface area contributed by atoms with E-state index in [1.54, 1.807) is 12.1 Å². The number of carboxylic acids is 1. The van der Waals surface area contributed by atoms with E-state index in [-0.39, 0.29) is 6.42 Å². The van der Waals surface area contributed by atoms with Gasteiger partial charge in [0.2, 0.25) is 0 Å². The van der Waals surface area contributed by atoms with Crippen molar-refractivity contribution in [3.05, 3.63) is 28.2 Å². The largest absolute Gasteiger partial charge is 0.481 e. The lowest BCUT2D eigenvalue weighted by Gasteiger charge is -2.07. The van der Waals surface area contributed by atoms with Gasteiger partial charge in [0, 0.05) is 17.4 Å². The predicted molar refractivity (Wildman–Crippen MR) is 64.2 cm³/mol. The van der Waals surface area contributed by atoms with E-state index in [1.165, 1.54) is 0 Å². The van der Waals surface area contributed by atoms with Crippen LogP contribution in [0.15, 0.2) is 22.7 Å². The van der Waals surface area contributed by atoms with Crippen LogP contribution in [0.4, 0.5) is 5.69 Å². The number of aliphatic carboxylic acids is 1. The standard InChI is InChI=1S/C11H11BrN2O2/c12-9-3-4-10(8(6-9)7-13)14-5-1-2-11(15)16/h3-4,6,14H,1-2,5H2,(H,15,16). The highest BCUT2D eigenvalue weighted by Gasteiger charge is 2.02. The summed E-state index contributed by atoms with van der Waals surface area (Å²) in [5.41, 5.74) is 1.28. The lowest BCUT2D eigenvalue weighted by atomic mass is 10.2. The van der Waals surface area contributed by atoms with Crippen molar-refractivity contribution in [2.24, 2.45) is 0 Å². The highest BCUT2D eigenvalue weighted by atomic mass is 79.9. The van der Waals surface area contributed by atoms with Crippen LogP contribution in [0.1, 0.15) is 18.4 Å². The lowest BCUT2D eigenvalue weighted by molar-refractivity contribution is -0.137. The van der Waals surface area contributed by atoms with Gasteiger partial charge in [-0.05, 0) is 24.6 Å². The molecular weight excluding hydrogens is 272 g/mol. The lowest BCUT2D eigenvalue weighted by Crippen LogP contribution is -2.05. The van der Waals surface area contributed by atoms with E-state index in [2.05, 4.69) is 27.3 Å². The van der Waals surface area contributed by atoms with Gasteiger partial charge in [-0.2, -0.15) is 5.26 Å². The first-order valence-electron chi connectivity index (χ1n) is 4.79. The van der Waals surface area contributed by atoms with Crippen LogP contribution >= 0.6 is 15.9 Å². The Labute approximate surface area is 102 Å². The fraction of sp³-hybridized carbons (Fsp3) is 0.273. The van der Waals surface area contributed by atoms with E-state index in [9.17, 15) is 4.79 Å². The van der Waals surface area contributed by atoms with Crippen molar-refractivity contribution in [3.8, 4) is 6.07 Å². The van der Waals surface area contributed by atoms with Gasteiger partial charge in [0.1, 0.15) is 6.07 Å².